The minimum absolute atomic E-state index is 0.00603. The van der Waals surface area contributed by atoms with Crippen LogP contribution in [0.2, 0.25) is 5.02 Å². The second kappa shape index (κ2) is 5.87. The lowest BCUT2D eigenvalue weighted by Gasteiger charge is -2.34. The van der Waals surface area contributed by atoms with E-state index in [1.54, 1.807) is 17.0 Å². The van der Waals surface area contributed by atoms with Crippen molar-refractivity contribution in [2.45, 2.75) is 0 Å². The van der Waals surface area contributed by atoms with Crippen molar-refractivity contribution in [3.05, 3.63) is 53.1 Å². The van der Waals surface area contributed by atoms with Gasteiger partial charge in [-0.05, 0) is 37.4 Å². The Hall–Kier alpha value is -2.04. The molecule has 1 fully saturated rings. The number of para-hydroxylation sites is 1. The fourth-order valence-electron chi connectivity index (χ4n) is 2.69. The second-order valence-electron chi connectivity index (χ2n) is 5.50. The van der Waals surface area contributed by atoms with E-state index < -0.39 is 13.0 Å². The third kappa shape index (κ3) is 2.80. The number of amidine groups is 1. The van der Waals surface area contributed by atoms with E-state index in [-0.39, 0.29) is 13.1 Å². The van der Waals surface area contributed by atoms with E-state index in [1.165, 1.54) is 7.05 Å². The molecule has 0 radical (unpaired) electrons. The lowest BCUT2D eigenvalue weighted by atomic mass is 10.1. The summed E-state index contributed by atoms with van der Waals surface area (Å²) < 4.78 is 33.1. The number of nitrogens with zero attached hydrogens (tertiary/aromatic N) is 3. The molecule has 2 aliphatic heterocycles. The molecule has 118 valence electrons. The van der Waals surface area contributed by atoms with Crippen molar-refractivity contribution in [3.63, 3.8) is 0 Å². The third-order valence-electron chi connectivity index (χ3n) is 3.92. The molecule has 2 heterocycles. The standard InChI is InChI=1S/C18H19ClN4/c1-22-8-10-23(11-9-22)18-14-4-2-3-5-15(14)20-16-7-6-13(19)12-17(16)21-18/h2-7,12,20H,8-11H2,1H3/i8D2,9D2. The molecule has 0 atom stereocenters. The Morgan fingerprint density at radius 1 is 1.13 bits per heavy atom. The summed E-state index contributed by atoms with van der Waals surface area (Å²) in [6.45, 7) is -3.66. The largest absolute Gasteiger partial charge is 0.353 e. The maximum atomic E-state index is 8.27. The average Bonchev–Trinajstić information content (AvgIpc) is 2.75. The molecule has 0 bridgehead atoms. The number of rotatable bonds is 0. The van der Waals surface area contributed by atoms with Crippen LogP contribution in [0, 0.1) is 0 Å². The number of hydrogen-bond acceptors (Lipinski definition) is 4. The fraction of sp³-hybridized carbons (Fsp3) is 0.278. The maximum absolute atomic E-state index is 8.27. The van der Waals surface area contributed by atoms with Crippen LogP contribution in [0.5, 0.6) is 0 Å². The maximum Gasteiger partial charge on any atom is 0.138 e. The Labute approximate surface area is 147 Å². The predicted molar refractivity (Wildman–Crippen MR) is 96.4 cm³/mol. The highest BCUT2D eigenvalue weighted by Crippen LogP contribution is 2.36. The molecule has 4 nitrogen and oxygen atoms in total. The molecule has 0 unspecified atom stereocenters. The molecule has 0 amide bonds. The number of benzene rings is 2. The van der Waals surface area contributed by atoms with Crippen LogP contribution in [0.15, 0.2) is 47.5 Å². The number of likely N-dealkylation sites (N-methyl/N-ethyl adjacent to an activating group) is 1. The zero-order valence-electron chi connectivity index (χ0n) is 16.7. The zero-order valence-corrected chi connectivity index (χ0v) is 13.4. The molecule has 1 saturated heterocycles. The first kappa shape index (κ1) is 10.7. The number of hydrogen-bond donors (Lipinski definition) is 1. The zero-order chi connectivity index (χ0) is 19.4. The average molecular weight is 331 g/mol. The highest BCUT2D eigenvalue weighted by atomic mass is 35.5. The van der Waals surface area contributed by atoms with Gasteiger partial charge in [-0.1, -0.05) is 23.7 Å². The summed E-state index contributed by atoms with van der Waals surface area (Å²) in [6, 6.07) is 13.0. The van der Waals surface area contributed by atoms with Crippen LogP contribution in [0.1, 0.15) is 11.0 Å². The van der Waals surface area contributed by atoms with Crippen molar-refractivity contribution in [1.82, 2.24) is 9.80 Å². The minimum atomic E-state index is -1.84. The van der Waals surface area contributed by atoms with Gasteiger partial charge in [0, 0.05) is 47.8 Å². The van der Waals surface area contributed by atoms with Crippen LogP contribution in [0.25, 0.3) is 0 Å². The van der Waals surface area contributed by atoms with Crippen molar-refractivity contribution in [2.75, 3.05) is 38.4 Å². The predicted octanol–water partition coefficient (Wildman–Crippen LogP) is 3.72. The molecule has 2 aromatic carbocycles. The SMILES string of the molecule is [2H]C1([2H])CN(C2=Nc3cc(Cl)ccc3Nc3ccccc32)CC([2H])([2H])N1C. The third-order valence-corrected chi connectivity index (χ3v) is 4.16. The van der Waals surface area contributed by atoms with Gasteiger partial charge in [-0.2, -0.15) is 0 Å². The van der Waals surface area contributed by atoms with Crippen LogP contribution in [0.4, 0.5) is 17.1 Å². The Balaban J connectivity index is 1.87. The molecule has 4 rings (SSSR count). The monoisotopic (exact) mass is 330 g/mol. The van der Waals surface area contributed by atoms with Crippen molar-refractivity contribution >= 4 is 34.5 Å². The van der Waals surface area contributed by atoms with Crippen LogP contribution in [-0.4, -0.2) is 48.8 Å². The van der Waals surface area contributed by atoms with E-state index in [1.807, 2.05) is 30.3 Å². The molecule has 5 heteroatoms. The Kier molecular flexibility index (Phi) is 2.73. The molecular weight excluding hydrogens is 308 g/mol. The van der Waals surface area contributed by atoms with Crippen LogP contribution < -0.4 is 5.32 Å². The van der Waals surface area contributed by atoms with E-state index in [0.717, 1.165) is 21.8 Å². The summed E-state index contributed by atoms with van der Waals surface area (Å²) in [5.74, 6) is 0.528. The Bertz CT molecular complexity index is 913. The highest BCUT2D eigenvalue weighted by Gasteiger charge is 2.23. The minimum Gasteiger partial charge on any atom is -0.353 e. The molecular formula is C18H19ClN4. The summed E-state index contributed by atoms with van der Waals surface area (Å²) in [7, 11) is 1.47. The van der Waals surface area contributed by atoms with Gasteiger partial charge in [0.15, 0.2) is 0 Å². The number of fused-ring (bicyclic) bond motifs is 2. The first-order chi connectivity index (χ1) is 12.7. The summed E-state index contributed by atoms with van der Waals surface area (Å²) in [6.07, 6.45) is 0. The quantitative estimate of drug-likeness (QED) is 0.798. The molecule has 1 N–H and O–H groups in total. The van der Waals surface area contributed by atoms with Gasteiger partial charge >= 0.3 is 0 Å². The summed E-state index contributed by atoms with van der Waals surface area (Å²) in [4.78, 5) is 7.58. The van der Waals surface area contributed by atoms with Gasteiger partial charge in [-0.3, -0.25) is 0 Å². The number of piperazine rings is 1. The van der Waals surface area contributed by atoms with Gasteiger partial charge in [0.25, 0.3) is 0 Å². The van der Waals surface area contributed by atoms with Gasteiger partial charge in [0.2, 0.25) is 0 Å². The summed E-state index contributed by atoms with van der Waals surface area (Å²) in [5.41, 5.74) is 3.05. The summed E-state index contributed by atoms with van der Waals surface area (Å²) >= 11 is 6.15. The van der Waals surface area contributed by atoms with Crippen molar-refractivity contribution in [2.24, 2.45) is 4.99 Å². The normalized spacial score (nSPS) is 24.6. The number of aliphatic imine (C=N–C) groups is 1. The van der Waals surface area contributed by atoms with Gasteiger partial charge in [-0.15, -0.1) is 0 Å². The topological polar surface area (TPSA) is 30.9 Å². The lowest BCUT2D eigenvalue weighted by Crippen LogP contribution is -2.47. The van der Waals surface area contributed by atoms with Gasteiger partial charge in [-0.25, -0.2) is 4.99 Å². The van der Waals surface area contributed by atoms with E-state index >= 15 is 0 Å². The second-order valence-corrected chi connectivity index (χ2v) is 5.94. The first-order valence-corrected chi connectivity index (χ1v) is 7.79. The molecule has 0 saturated carbocycles. The fourth-order valence-corrected chi connectivity index (χ4v) is 2.86. The molecule has 2 aromatic rings. The molecule has 0 aliphatic carbocycles. The van der Waals surface area contributed by atoms with Crippen LogP contribution in [-0.2, 0) is 0 Å². The molecule has 0 aromatic heterocycles. The number of anilines is 2. The molecule has 23 heavy (non-hydrogen) atoms. The summed E-state index contributed by atoms with van der Waals surface area (Å²) in [5, 5.41) is 3.90. The van der Waals surface area contributed by atoms with E-state index in [2.05, 4.69) is 5.32 Å². The van der Waals surface area contributed by atoms with Gasteiger partial charge in [0.05, 0.1) is 11.4 Å². The molecule has 2 aliphatic rings. The smallest absolute Gasteiger partial charge is 0.138 e. The first-order valence-electron chi connectivity index (χ1n) is 9.41. The van der Waals surface area contributed by atoms with Crippen molar-refractivity contribution in [1.29, 1.82) is 0 Å². The van der Waals surface area contributed by atoms with Crippen molar-refractivity contribution in [3.8, 4) is 0 Å². The molecule has 0 spiro atoms. The lowest BCUT2D eigenvalue weighted by molar-refractivity contribution is 0.216. The van der Waals surface area contributed by atoms with Gasteiger partial charge in [0.1, 0.15) is 5.84 Å². The number of halogens is 1. The van der Waals surface area contributed by atoms with Crippen LogP contribution in [0.3, 0.4) is 0 Å². The van der Waals surface area contributed by atoms with E-state index in [9.17, 15) is 0 Å². The van der Waals surface area contributed by atoms with E-state index in [0.29, 0.717) is 16.5 Å². The highest BCUT2D eigenvalue weighted by molar-refractivity contribution is 6.31. The number of nitrogens with one attached hydrogen (secondary N) is 1. The van der Waals surface area contributed by atoms with Crippen molar-refractivity contribution < 1.29 is 5.48 Å². The van der Waals surface area contributed by atoms with E-state index in [4.69, 9.17) is 22.1 Å². The van der Waals surface area contributed by atoms with Crippen LogP contribution >= 0.6 is 11.6 Å². The Morgan fingerprint density at radius 3 is 2.74 bits per heavy atom. The van der Waals surface area contributed by atoms with Gasteiger partial charge < -0.3 is 15.1 Å². The Morgan fingerprint density at radius 2 is 1.91 bits per heavy atom.